The lowest BCUT2D eigenvalue weighted by Crippen LogP contribution is -2.29. The molecule has 2 aromatic rings. The number of carbonyl (C=O) groups is 2. The third-order valence-electron chi connectivity index (χ3n) is 5.28. The molecule has 0 spiro atoms. The standard InChI is InChI=1S/C27H31NO6/c1-5-32-22-10-8-9-20(15-22)25-23(26(29)33-6-2)17-28(18-24(25)27(30)34-7-3)16-19-11-13-21(31-4)14-12-19/h8-15,17-18,25H,5-7,16H2,1-4H3. The van der Waals surface area contributed by atoms with Crippen molar-refractivity contribution in [2.45, 2.75) is 33.2 Å². The van der Waals surface area contributed by atoms with Gasteiger partial charge in [-0.25, -0.2) is 9.59 Å². The first kappa shape index (κ1) is 24.9. The van der Waals surface area contributed by atoms with Crippen molar-refractivity contribution >= 4 is 11.9 Å². The summed E-state index contributed by atoms with van der Waals surface area (Å²) in [5.41, 5.74) is 2.44. The zero-order valence-corrected chi connectivity index (χ0v) is 20.1. The van der Waals surface area contributed by atoms with Crippen LogP contribution in [-0.2, 0) is 25.6 Å². The van der Waals surface area contributed by atoms with Gasteiger partial charge in [0.2, 0.25) is 0 Å². The molecular formula is C27H31NO6. The maximum absolute atomic E-state index is 13.1. The molecule has 2 aromatic carbocycles. The van der Waals surface area contributed by atoms with Crippen molar-refractivity contribution in [3.05, 3.63) is 83.2 Å². The smallest absolute Gasteiger partial charge is 0.336 e. The zero-order valence-electron chi connectivity index (χ0n) is 20.1. The Morgan fingerprint density at radius 3 is 1.97 bits per heavy atom. The van der Waals surface area contributed by atoms with Crippen LogP contribution in [0.15, 0.2) is 72.1 Å². The topological polar surface area (TPSA) is 74.3 Å². The van der Waals surface area contributed by atoms with E-state index in [1.807, 2.05) is 60.4 Å². The molecule has 7 heteroatoms. The van der Waals surface area contributed by atoms with Crippen molar-refractivity contribution in [2.24, 2.45) is 0 Å². The second-order valence-corrected chi connectivity index (χ2v) is 7.57. The van der Waals surface area contributed by atoms with Gasteiger partial charge in [0.05, 0.1) is 44.0 Å². The highest BCUT2D eigenvalue weighted by molar-refractivity contribution is 5.98. The summed E-state index contributed by atoms with van der Waals surface area (Å²) >= 11 is 0. The molecule has 1 aliphatic heterocycles. The Morgan fingerprint density at radius 2 is 1.44 bits per heavy atom. The minimum Gasteiger partial charge on any atom is -0.497 e. The summed E-state index contributed by atoms with van der Waals surface area (Å²) in [6, 6.07) is 15.0. The lowest BCUT2D eigenvalue weighted by molar-refractivity contribution is -0.139. The fraction of sp³-hybridized carbons (Fsp3) is 0.333. The molecule has 0 N–H and O–H groups in total. The Bertz CT molecular complexity index is 1020. The molecule has 0 saturated heterocycles. The first-order valence-corrected chi connectivity index (χ1v) is 11.4. The molecule has 1 aliphatic rings. The van der Waals surface area contributed by atoms with Crippen LogP contribution in [0, 0.1) is 0 Å². The molecular weight excluding hydrogens is 434 g/mol. The minimum atomic E-state index is -0.648. The Kier molecular flexibility index (Phi) is 8.73. The average Bonchev–Trinajstić information content (AvgIpc) is 2.84. The molecule has 0 saturated carbocycles. The highest BCUT2D eigenvalue weighted by atomic mass is 16.5. The average molecular weight is 466 g/mol. The van der Waals surface area contributed by atoms with Crippen molar-refractivity contribution in [3.63, 3.8) is 0 Å². The predicted molar refractivity (Wildman–Crippen MR) is 128 cm³/mol. The summed E-state index contributed by atoms with van der Waals surface area (Å²) in [4.78, 5) is 27.9. The molecule has 0 atom stereocenters. The van der Waals surface area contributed by atoms with Gasteiger partial charge < -0.3 is 23.8 Å². The Labute approximate surface area is 200 Å². The van der Waals surface area contributed by atoms with Crippen LogP contribution in [0.25, 0.3) is 0 Å². The van der Waals surface area contributed by atoms with Crippen molar-refractivity contribution < 1.29 is 28.5 Å². The largest absolute Gasteiger partial charge is 0.497 e. The van der Waals surface area contributed by atoms with Gasteiger partial charge >= 0.3 is 11.9 Å². The van der Waals surface area contributed by atoms with Gasteiger partial charge in [0.15, 0.2) is 0 Å². The predicted octanol–water partition coefficient (Wildman–Crippen LogP) is 4.59. The number of ether oxygens (including phenoxy) is 4. The number of nitrogens with zero attached hydrogens (tertiary/aromatic N) is 1. The zero-order chi connectivity index (χ0) is 24.5. The molecule has 0 fully saturated rings. The van der Waals surface area contributed by atoms with E-state index in [0.717, 1.165) is 16.9 Å². The fourth-order valence-electron chi connectivity index (χ4n) is 3.82. The summed E-state index contributed by atoms with van der Waals surface area (Å²) < 4.78 is 21.6. The molecule has 34 heavy (non-hydrogen) atoms. The molecule has 0 unspecified atom stereocenters. The van der Waals surface area contributed by atoms with Crippen molar-refractivity contribution in [1.29, 1.82) is 0 Å². The first-order valence-electron chi connectivity index (χ1n) is 11.4. The Balaban J connectivity index is 2.06. The summed E-state index contributed by atoms with van der Waals surface area (Å²) in [6.45, 7) is 6.80. The third-order valence-corrected chi connectivity index (χ3v) is 5.28. The van der Waals surface area contributed by atoms with E-state index in [1.165, 1.54) is 0 Å². The fourth-order valence-corrected chi connectivity index (χ4v) is 3.82. The number of methoxy groups -OCH3 is 1. The summed E-state index contributed by atoms with van der Waals surface area (Å²) in [6.07, 6.45) is 3.48. The van der Waals surface area contributed by atoms with Gasteiger partial charge in [-0.15, -0.1) is 0 Å². The van der Waals surface area contributed by atoms with Gasteiger partial charge in [-0.2, -0.15) is 0 Å². The molecule has 0 bridgehead atoms. The number of benzene rings is 2. The highest BCUT2D eigenvalue weighted by Gasteiger charge is 2.35. The van der Waals surface area contributed by atoms with E-state index < -0.39 is 17.9 Å². The van der Waals surface area contributed by atoms with Crippen LogP contribution in [0.4, 0.5) is 0 Å². The molecule has 1 heterocycles. The lowest BCUT2D eigenvalue weighted by atomic mass is 9.83. The van der Waals surface area contributed by atoms with Gasteiger partial charge in [0, 0.05) is 18.9 Å². The number of hydrogen-bond acceptors (Lipinski definition) is 7. The SMILES string of the molecule is CCOC(=O)C1=CN(Cc2ccc(OC)cc2)C=C(C(=O)OCC)C1c1cccc(OCC)c1. The van der Waals surface area contributed by atoms with Gasteiger partial charge in [-0.1, -0.05) is 24.3 Å². The van der Waals surface area contributed by atoms with E-state index in [4.69, 9.17) is 18.9 Å². The number of hydrogen-bond donors (Lipinski definition) is 0. The maximum Gasteiger partial charge on any atom is 0.336 e. The molecule has 180 valence electrons. The molecule has 0 amide bonds. The quantitative estimate of drug-likeness (QED) is 0.475. The third kappa shape index (κ3) is 5.98. The second kappa shape index (κ2) is 11.9. The van der Waals surface area contributed by atoms with E-state index in [9.17, 15) is 9.59 Å². The number of esters is 2. The van der Waals surface area contributed by atoms with Crippen LogP contribution in [0.1, 0.15) is 37.8 Å². The van der Waals surface area contributed by atoms with Crippen LogP contribution in [0.3, 0.4) is 0 Å². The van der Waals surface area contributed by atoms with Gasteiger partial charge in [0.25, 0.3) is 0 Å². The molecule has 7 nitrogen and oxygen atoms in total. The van der Waals surface area contributed by atoms with E-state index >= 15 is 0 Å². The minimum absolute atomic E-state index is 0.221. The second-order valence-electron chi connectivity index (χ2n) is 7.57. The lowest BCUT2D eigenvalue weighted by Gasteiger charge is -2.30. The van der Waals surface area contributed by atoms with E-state index in [0.29, 0.717) is 30.0 Å². The van der Waals surface area contributed by atoms with Gasteiger partial charge in [-0.05, 0) is 56.2 Å². The summed E-state index contributed by atoms with van der Waals surface area (Å²) in [7, 11) is 1.61. The highest BCUT2D eigenvalue weighted by Crippen LogP contribution is 2.38. The van der Waals surface area contributed by atoms with Crippen LogP contribution in [0.5, 0.6) is 11.5 Å². The monoisotopic (exact) mass is 465 g/mol. The number of rotatable bonds is 10. The Hall–Kier alpha value is -3.74. The Morgan fingerprint density at radius 1 is 0.824 bits per heavy atom. The molecule has 0 radical (unpaired) electrons. The van der Waals surface area contributed by atoms with Crippen molar-refractivity contribution in [1.82, 2.24) is 4.90 Å². The molecule has 0 aromatic heterocycles. The summed E-state index contributed by atoms with van der Waals surface area (Å²) in [5, 5.41) is 0. The maximum atomic E-state index is 13.1. The first-order chi connectivity index (χ1) is 16.5. The van der Waals surface area contributed by atoms with Crippen molar-refractivity contribution in [3.8, 4) is 11.5 Å². The van der Waals surface area contributed by atoms with E-state index in [2.05, 4.69) is 0 Å². The van der Waals surface area contributed by atoms with Crippen LogP contribution < -0.4 is 9.47 Å². The van der Waals surface area contributed by atoms with Crippen LogP contribution in [0.2, 0.25) is 0 Å². The number of carbonyl (C=O) groups excluding carboxylic acids is 2. The van der Waals surface area contributed by atoms with E-state index in [1.54, 1.807) is 33.4 Å². The van der Waals surface area contributed by atoms with Crippen LogP contribution >= 0.6 is 0 Å². The molecule has 3 rings (SSSR count). The molecule has 0 aliphatic carbocycles. The normalized spacial score (nSPS) is 13.6. The van der Waals surface area contributed by atoms with Gasteiger partial charge in [0.1, 0.15) is 11.5 Å². The van der Waals surface area contributed by atoms with Crippen molar-refractivity contribution in [2.75, 3.05) is 26.9 Å². The van der Waals surface area contributed by atoms with Gasteiger partial charge in [-0.3, -0.25) is 0 Å². The summed E-state index contributed by atoms with van der Waals surface area (Å²) in [5.74, 6) is -0.201. The van der Waals surface area contributed by atoms with E-state index in [-0.39, 0.29) is 13.2 Å². The van der Waals surface area contributed by atoms with Crippen LogP contribution in [-0.4, -0.2) is 43.8 Å².